The van der Waals surface area contributed by atoms with Crippen LogP contribution in [0.2, 0.25) is 0 Å². The lowest BCUT2D eigenvalue weighted by Crippen LogP contribution is -2.31. The smallest absolute Gasteiger partial charge is 0.294 e. The number of amides is 1. The Morgan fingerprint density at radius 3 is 2.37 bits per heavy atom. The van der Waals surface area contributed by atoms with Crippen molar-refractivity contribution < 1.29 is 24.2 Å². The minimum absolute atomic E-state index is 0.00616. The molecule has 1 aliphatic rings. The molecule has 1 aliphatic heterocycles. The first kappa shape index (κ1) is 18.6. The minimum Gasteiger partial charge on any atom is -0.506 e. The van der Waals surface area contributed by atoms with Crippen molar-refractivity contribution in [3.63, 3.8) is 0 Å². The Hall–Kier alpha value is -3.15. The van der Waals surface area contributed by atoms with E-state index in [1.165, 1.54) is 30.3 Å². The zero-order chi connectivity index (χ0) is 19.7. The van der Waals surface area contributed by atoms with Crippen molar-refractivity contribution in [2.24, 2.45) is 5.92 Å². The Morgan fingerprint density at radius 2 is 1.74 bits per heavy atom. The molecule has 1 amide bonds. The maximum atomic E-state index is 14.6. The van der Waals surface area contributed by atoms with Crippen molar-refractivity contribution in [1.29, 1.82) is 0 Å². The molecule has 0 fully saturated rings. The molecule has 2 aromatic rings. The standard InChI is InChI=1S/C21H20FNO4/c1-12(2)11-17(25)18-19(13-7-3-4-8-14(13)22)23(21(27)20(18)26)15-9-5-6-10-16(15)24/h3-10,12,19,24,26H,11H2,1-2H3. The average Bonchev–Trinajstić information content (AvgIpc) is 2.87. The van der Waals surface area contributed by atoms with Gasteiger partial charge in [0.2, 0.25) is 0 Å². The van der Waals surface area contributed by atoms with Gasteiger partial charge in [-0.2, -0.15) is 0 Å². The molecule has 5 nitrogen and oxygen atoms in total. The van der Waals surface area contributed by atoms with E-state index in [1.54, 1.807) is 18.2 Å². The molecular weight excluding hydrogens is 349 g/mol. The highest BCUT2D eigenvalue weighted by Gasteiger charge is 2.45. The molecule has 1 unspecified atom stereocenters. The third-order valence-corrected chi connectivity index (χ3v) is 4.44. The van der Waals surface area contributed by atoms with Crippen LogP contribution in [0.4, 0.5) is 10.1 Å². The van der Waals surface area contributed by atoms with Crippen LogP contribution in [-0.4, -0.2) is 21.9 Å². The van der Waals surface area contributed by atoms with Gasteiger partial charge in [-0.15, -0.1) is 0 Å². The zero-order valence-corrected chi connectivity index (χ0v) is 15.0. The molecule has 0 saturated carbocycles. The number of hydrogen-bond acceptors (Lipinski definition) is 4. The number of phenolic OH excluding ortho intramolecular Hbond substituents is 1. The van der Waals surface area contributed by atoms with Crippen molar-refractivity contribution >= 4 is 17.4 Å². The van der Waals surface area contributed by atoms with Crippen LogP contribution in [0.5, 0.6) is 5.75 Å². The van der Waals surface area contributed by atoms with Crippen LogP contribution in [0.1, 0.15) is 31.9 Å². The van der Waals surface area contributed by atoms with Crippen LogP contribution in [0.15, 0.2) is 59.9 Å². The fraction of sp³-hybridized carbons (Fsp3) is 0.238. The summed E-state index contributed by atoms with van der Waals surface area (Å²) in [6.45, 7) is 3.68. The normalized spacial score (nSPS) is 17.1. The van der Waals surface area contributed by atoms with Gasteiger partial charge in [-0.1, -0.05) is 44.2 Å². The Kier molecular flexibility index (Phi) is 4.99. The number of aliphatic hydroxyl groups excluding tert-OH is 1. The summed E-state index contributed by atoms with van der Waals surface area (Å²) in [7, 11) is 0. The van der Waals surface area contributed by atoms with Crippen molar-refractivity contribution in [2.75, 3.05) is 4.90 Å². The number of aromatic hydroxyl groups is 1. The van der Waals surface area contributed by atoms with E-state index in [-0.39, 0.29) is 34.9 Å². The first-order valence-electron chi connectivity index (χ1n) is 8.65. The fourth-order valence-electron chi connectivity index (χ4n) is 3.28. The summed E-state index contributed by atoms with van der Waals surface area (Å²) < 4.78 is 14.6. The molecule has 1 heterocycles. The second-order valence-corrected chi connectivity index (χ2v) is 6.87. The minimum atomic E-state index is -1.15. The highest BCUT2D eigenvalue weighted by atomic mass is 19.1. The summed E-state index contributed by atoms with van der Waals surface area (Å²) in [5.74, 6) is -2.82. The number of halogens is 1. The van der Waals surface area contributed by atoms with E-state index in [9.17, 15) is 24.2 Å². The molecule has 0 aromatic heterocycles. The van der Waals surface area contributed by atoms with Gasteiger partial charge in [0.15, 0.2) is 11.5 Å². The number of benzene rings is 2. The fourth-order valence-corrected chi connectivity index (χ4v) is 3.28. The second kappa shape index (κ2) is 7.23. The van der Waals surface area contributed by atoms with Crippen LogP contribution < -0.4 is 4.90 Å². The van der Waals surface area contributed by atoms with Crippen molar-refractivity contribution in [2.45, 2.75) is 26.3 Å². The number of carbonyl (C=O) groups excluding carboxylic acids is 2. The van der Waals surface area contributed by atoms with E-state index in [4.69, 9.17) is 0 Å². The number of nitrogens with zero attached hydrogens (tertiary/aromatic N) is 1. The van der Waals surface area contributed by atoms with E-state index in [2.05, 4.69) is 0 Å². The number of ketones is 1. The van der Waals surface area contributed by atoms with E-state index < -0.39 is 29.3 Å². The number of Topliss-reactive ketones (excluding diaryl/α,β-unsaturated/α-hetero) is 1. The van der Waals surface area contributed by atoms with E-state index in [0.29, 0.717) is 0 Å². The summed E-state index contributed by atoms with van der Waals surface area (Å²) in [5, 5.41) is 20.7. The first-order valence-corrected chi connectivity index (χ1v) is 8.65. The average molecular weight is 369 g/mol. The Balaban J connectivity index is 2.21. The van der Waals surface area contributed by atoms with Crippen molar-refractivity contribution in [3.05, 3.63) is 71.2 Å². The predicted molar refractivity (Wildman–Crippen MR) is 98.9 cm³/mol. The Morgan fingerprint density at radius 1 is 1.11 bits per heavy atom. The van der Waals surface area contributed by atoms with Crippen LogP contribution in [-0.2, 0) is 9.59 Å². The number of anilines is 1. The maximum absolute atomic E-state index is 14.6. The molecule has 27 heavy (non-hydrogen) atoms. The zero-order valence-electron chi connectivity index (χ0n) is 15.0. The third kappa shape index (κ3) is 3.30. The topological polar surface area (TPSA) is 77.8 Å². The van der Waals surface area contributed by atoms with Gasteiger partial charge in [-0.05, 0) is 24.1 Å². The van der Waals surface area contributed by atoms with E-state index >= 15 is 0 Å². The van der Waals surface area contributed by atoms with Gasteiger partial charge < -0.3 is 10.2 Å². The lowest BCUT2D eigenvalue weighted by Gasteiger charge is -2.27. The van der Waals surface area contributed by atoms with Crippen LogP contribution in [0.3, 0.4) is 0 Å². The molecule has 0 radical (unpaired) electrons. The van der Waals surface area contributed by atoms with Crippen molar-refractivity contribution in [1.82, 2.24) is 0 Å². The van der Waals surface area contributed by atoms with Crippen LogP contribution in [0.25, 0.3) is 0 Å². The summed E-state index contributed by atoms with van der Waals surface area (Å²) in [6.07, 6.45) is 0.103. The quantitative estimate of drug-likeness (QED) is 0.834. The highest BCUT2D eigenvalue weighted by molar-refractivity contribution is 6.17. The third-order valence-electron chi connectivity index (χ3n) is 4.44. The van der Waals surface area contributed by atoms with E-state index in [1.807, 2.05) is 13.8 Å². The largest absolute Gasteiger partial charge is 0.506 e. The summed E-state index contributed by atoms with van der Waals surface area (Å²) >= 11 is 0. The molecule has 2 aromatic carbocycles. The molecule has 3 rings (SSSR count). The number of aliphatic hydroxyl groups is 1. The lowest BCUT2D eigenvalue weighted by atomic mass is 9.91. The monoisotopic (exact) mass is 369 g/mol. The van der Waals surface area contributed by atoms with Gasteiger partial charge in [0, 0.05) is 12.0 Å². The van der Waals surface area contributed by atoms with Gasteiger partial charge in [-0.3, -0.25) is 14.5 Å². The van der Waals surface area contributed by atoms with Gasteiger partial charge in [-0.25, -0.2) is 4.39 Å². The van der Waals surface area contributed by atoms with Gasteiger partial charge in [0.25, 0.3) is 5.91 Å². The number of hydrogen-bond donors (Lipinski definition) is 2. The molecule has 1 atom stereocenters. The number of para-hydroxylation sites is 2. The second-order valence-electron chi connectivity index (χ2n) is 6.87. The molecule has 2 N–H and O–H groups in total. The van der Waals surface area contributed by atoms with E-state index in [0.717, 1.165) is 4.90 Å². The lowest BCUT2D eigenvalue weighted by molar-refractivity contribution is -0.118. The Labute approximate surface area is 156 Å². The molecule has 0 aliphatic carbocycles. The van der Waals surface area contributed by atoms with Crippen LogP contribution in [0, 0.1) is 11.7 Å². The van der Waals surface area contributed by atoms with Gasteiger partial charge in [0.05, 0.1) is 17.3 Å². The molecule has 0 spiro atoms. The predicted octanol–water partition coefficient (Wildman–Crippen LogP) is 4.05. The van der Waals surface area contributed by atoms with Gasteiger partial charge >= 0.3 is 0 Å². The SMILES string of the molecule is CC(C)CC(=O)C1=C(O)C(=O)N(c2ccccc2O)C1c1ccccc1F. The maximum Gasteiger partial charge on any atom is 0.294 e. The number of phenols is 1. The van der Waals surface area contributed by atoms with Crippen molar-refractivity contribution in [3.8, 4) is 5.75 Å². The molecular formula is C21H20FNO4. The highest BCUT2D eigenvalue weighted by Crippen LogP contribution is 2.44. The molecule has 140 valence electrons. The number of carbonyl (C=O) groups is 2. The summed E-state index contributed by atoms with van der Waals surface area (Å²) in [5.41, 5.74) is 0.0157. The summed E-state index contributed by atoms with van der Waals surface area (Å²) in [4.78, 5) is 26.6. The molecule has 0 bridgehead atoms. The van der Waals surface area contributed by atoms with Crippen LogP contribution >= 0.6 is 0 Å². The number of rotatable bonds is 5. The Bertz CT molecular complexity index is 935. The first-order chi connectivity index (χ1) is 12.8. The molecule has 0 saturated heterocycles. The summed E-state index contributed by atoms with van der Waals surface area (Å²) in [6, 6.07) is 10.7. The molecule has 6 heteroatoms. The van der Waals surface area contributed by atoms with Gasteiger partial charge in [0.1, 0.15) is 11.6 Å².